The van der Waals surface area contributed by atoms with Crippen LogP contribution in [0, 0.1) is 13.8 Å². The molecule has 1 aliphatic rings. The van der Waals surface area contributed by atoms with Crippen molar-refractivity contribution in [2.45, 2.75) is 20.3 Å². The number of benzene rings is 1. The van der Waals surface area contributed by atoms with Gasteiger partial charge in [0.25, 0.3) is 11.9 Å². The minimum absolute atomic E-state index is 0.129. The molecule has 2 heterocycles. The molecule has 0 aliphatic carbocycles. The molecule has 0 atom stereocenters. The van der Waals surface area contributed by atoms with Crippen LogP contribution in [0.1, 0.15) is 23.4 Å². The molecule has 3 rings (SSSR count). The molecule has 0 unspecified atom stereocenters. The number of aryl methyl sites for hydroxylation is 2. The van der Waals surface area contributed by atoms with Crippen LogP contribution in [-0.2, 0) is 4.79 Å². The molecule has 2 aromatic rings. The van der Waals surface area contributed by atoms with Crippen molar-refractivity contribution >= 4 is 17.6 Å². The second-order valence-corrected chi connectivity index (χ2v) is 5.11. The maximum absolute atomic E-state index is 12.2. The SMILES string of the molecule is COc1ccc(C2=NN(c3nc(C)cc(C)n3)C(=O)C2)cc1. The number of aromatic nitrogens is 2. The Morgan fingerprint density at radius 3 is 2.32 bits per heavy atom. The number of anilines is 1. The second-order valence-electron chi connectivity index (χ2n) is 5.11. The van der Waals surface area contributed by atoms with Crippen LogP contribution in [0.4, 0.5) is 5.95 Å². The van der Waals surface area contributed by atoms with Crippen molar-refractivity contribution < 1.29 is 9.53 Å². The Labute approximate surface area is 128 Å². The largest absolute Gasteiger partial charge is 0.497 e. The lowest BCUT2D eigenvalue weighted by molar-refractivity contribution is -0.117. The van der Waals surface area contributed by atoms with Crippen molar-refractivity contribution in [1.29, 1.82) is 0 Å². The molecule has 112 valence electrons. The number of hydrazone groups is 1. The highest BCUT2D eigenvalue weighted by atomic mass is 16.5. The van der Waals surface area contributed by atoms with Gasteiger partial charge in [0.15, 0.2) is 0 Å². The predicted molar refractivity (Wildman–Crippen MR) is 83.1 cm³/mol. The van der Waals surface area contributed by atoms with Crippen LogP contribution in [0.25, 0.3) is 0 Å². The summed E-state index contributed by atoms with van der Waals surface area (Å²) in [6.07, 6.45) is 0.239. The van der Waals surface area contributed by atoms with Crippen molar-refractivity contribution in [3.05, 3.63) is 47.3 Å². The van der Waals surface area contributed by atoms with Crippen molar-refractivity contribution in [2.75, 3.05) is 12.1 Å². The number of carbonyl (C=O) groups excluding carboxylic acids is 1. The van der Waals surface area contributed by atoms with Crippen LogP contribution in [0.5, 0.6) is 5.75 Å². The fourth-order valence-electron chi connectivity index (χ4n) is 2.33. The van der Waals surface area contributed by atoms with Crippen LogP contribution in [0.3, 0.4) is 0 Å². The van der Waals surface area contributed by atoms with Gasteiger partial charge in [-0.05, 0) is 49.7 Å². The van der Waals surface area contributed by atoms with E-state index in [2.05, 4.69) is 15.1 Å². The molecule has 1 aliphatic heterocycles. The predicted octanol–water partition coefficient (Wildman–Crippen LogP) is 2.24. The number of nitrogens with zero attached hydrogens (tertiary/aromatic N) is 4. The molecule has 6 nitrogen and oxygen atoms in total. The summed E-state index contributed by atoms with van der Waals surface area (Å²) in [5.41, 5.74) is 3.21. The van der Waals surface area contributed by atoms with Crippen LogP contribution >= 0.6 is 0 Å². The molecule has 22 heavy (non-hydrogen) atoms. The molecule has 1 aromatic heterocycles. The summed E-state index contributed by atoms with van der Waals surface area (Å²) >= 11 is 0. The Kier molecular flexibility index (Phi) is 3.58. The number of ether oxygens (including phenoxy) is 1. The van der Waals surface area contributed by atoms with Gasteiger partial charge in [-0.15, -0.1) is 0 Å². The maximum atomic E-state index is 12.2. The first-order valence-electron chi connectivity index (χ1n) is 6.94. The zero-order chi connectivity index (χ0) is 15.7. The van der Waals surface area contributed by atoms with Crippen LogP contribution in [-0.4, -0.2) is 28.7 Å². The lowest BCUT2D eigenvalue weighted by atomic mass is 10.1. The summed E-state index contributed by atoms with van der Waals surface area (Å²) < 4.78 is 5.13. The van der Waals surface area contributed by atoms with Gasteiger partial charge in [-0.2, -0.15) is 10.1 Å². The van der Waals surface area contributed by atoms with Gasteiger partial charge in [-0.3, -0.25) is 4.79 Å². The van der Waals surface area contributed by atoms with E-state index in [0.717, 1.165) is 22.7 Å². The molecule has 1 amide bonds. The van der Waals surface area contributed by atoms with Gasteiger partial charge < -0.3 is 4.74 Å². The van der Waals surface area contributed by atoms with E-state index in [0.29, 0.717) is 11.7 Å². The van der Waals surface area contributed by atoms with Gasteiger partial charge in [0.1, 0.15) is 5.75 Å². The molecule has 0 bridgehead atoms. The van der Waals surface area contributed by atoms with Gasteiger partial charge >= 0.3 is 0 Å². The average molecular weight is 296 g/mol. The van der Waals surface area contributed by atoms with Gasteiger partial charge in [-0.25, -0.2) is 9.97 Å². The minimum atomic E-state index is -0.129. The first-order valence-corrected chi connectivity index (χ1v) is 6.94. The summed E-state index contributed by atoms with van der Waals surface area (Å²) in [4.78, 5) is 20.8. The topological polar surface area (TPSA) is 67.7 Å². The highest BCUT2D eigenvalue weighted by molar-refractivity contribution is 6.18. The quantitative estimate of drug-likeness (QED) is 0.871. The van der Waals surface area contributed by atoms with E-state index in [9.17, 15) is 4.79 Å². The molecular formula is C16H16N4O2. The Hall–Kier alpha value is -2.76. The van der Waals surface area contributed by atoms with Crippen LogP contribution < -0.4 is 9.75 Å². The number of carbonyl (C=O) groups is 1. The Morgan fingerprint density at radius 1 is 1.09 bits per heavy atom. The normalized spacial score (nSPS) is 14.2. The van der Waals surface area contributed by atoms with Crippen molar-refractivity contribution in [1.82, 2.24) is 9.97 Å². The van der Waals surface area contributed by atoms with Crippen molar-refractivity contribution in [3.63, 3.8) is 0 Å². The van der Waals surface area contributed by atoms with Crippen molar-refractivity contribution in [2.24, 2.45) is 5.10 Å². The fourth-order valence-corrected chi connectivity index (χ4v) is 2.33. The summed E-state index contributed by atoms with van der Waals surface area (Å²) in [5.74, 6) is 0.963. The summed E-state index contributed by atoms with van der Waals surface area (Å²) in [5, 5.41) is 5.66. The van der Waals surface area contributed by atoms with Gasteiger partial charge in [0.05, 0.1) is 19.2 Å². The smallest absolute Gasteiger partial charge is 0.256 e. The minimum Gasteiger partial charge on any atom is -0.497 e. The molecule has 0 saturated carbocycles. The molecule has 0 radical (unpaired) electrons. The summed E-state index contributed by atoms with van der Waals surface area (Å²) in [6.45, 7) is 3.74. The first-order chi connectivity index (χ1) is 10.6. The van der Waals surface area contributed by atoms with Gasteiger partial charge in [-0.1, -0.05) is 0 Å². The molecule has 0 N–H and O–H groups in total. The highest BCUT2D eigenvalue weighted by Gasteiger charge is 2.28. The summed E-state index contributed by atoms with van der Waals surface area (Å²) in [6, 6.07) is 9.32. The standard InChI is InChI=1S/C16H16N4O2/c1-10-8-11(2)18-16(17-10)20-15(21)9-14(19-20)12-4-6-13(22-3)7-5-12/h4-8H,9H2,1-3H3. The lowest BCUT2D eigenvalue weighted by Gasteiger charge is -2.10. The van der Waals surface area contributed by atoms with E-state index in [1.807, 2.05) is 44.2 Å². The van der Waals surface area contributed by atoms with E-state index in [-0.39, 0.29) is 12.3 Å². The number of rotatable bonds is 3. The Morgan fingerprint density at radius 2 is 1.73 bits per heavy atom. The zero-order valence-electron chi connectivity index (χ0n) is 12.7. The first kappa shape index (κ1) is 14.2. The molecule has 6 heteroatoms. The molecule has 0 saturated heterocycles. The Bertz CT molecular complexity index is 733. The maximum Gasteiger partial charge on any atom is 0.256 e. The zero-order valence-corrected chi connectivity index (χ0v) is 12.7. The highest BCUT2D eigenvalue weighted by Crippen LogP contribution is 2.21. The van der Waals surface area contributed by atoms with E-state index >= 15 is 0 Å². The molecule has 0 fully saturated rings. The number of amides is 1. The lowest BCUT2D eigenvalue weighted by Crippen LogP contribution is -2.22. The van der Waals surface area contributed by atoms with Gasteiger partial charge in [0, 0.05) is 11.4 Å². The molecular weight excluding hydrogens is 280 g/mol. The third-order valence-electron chi connectivity index (χ3n) is 3.36. The second kappa shape index (κ2) is 5.55. The van der Waals surface area contributed by atoms with E-state index in [1.54, 1.807) is 7.11 Å². The van der Waals surface area contributed by atoms with Crippen molar-refractivity contribution in [3.8, 4) is 5.75 Å². The summed E-state index contributed by atoms with van der Waals surface area (Å²) in [7, 11) is 1.62. The monoisotopic (exact) mass is 296 g/mol. The number of methoxy groups -OCH3 is 1. The third kappa shape index (κ3) is 2.67. The van der Waals surface area contributed by atoms with E-state index < -0.39 is 0 Å². The average Bonchev–Trinajstić information content (AvgIpc) is 2.88. The van der Waals surface area contributed by atoms with Gasteiger partial charge in [0.2, 0.25) is 0 Å². The molecule has 0 spiro atoms. The van der Waals surface area contributed by atoms with Crippen LogP contribution in [0.15, 0.2) is 35.4 Å². The number of hydrogen-bond acceptors (Lipinski definition) is 5. The third-order valence-corrected chi connectivity index (χ3v) is 3.36. The Balaban J connectivity index is 1.93. The fraction of sp³-hybridized carbons (Fsp3) is 0.250. The molecule has 1 aromatic carbocycles. The van der Waals surface area contributed by atoms with E-state index in [4.69, 9.17) is 4.74 Å². The van der Waals surface area contributed by atoms with E-state index in [1.165, 1.54) is 5.01 Å². The number of hydrogen-bond donors (Lipinski definition) is 0. The van der Waals surface area contributed by atoms with Crippen LogP contribution in [0.2, 0.25) is 0 Å².